The second-order valence-corrected chi connectivity index (χ2v) is 5.38. The summed E-state index contributed by atoms with van der Waals surface area (Å²) in [5.74, 6) is 0. The van der Waals surface area contributed by atoms with Gasteiger partial charge < -0.3 is 0 Å². The molecule has 4 nitrogen and oxygen atoms in total. The standard InChI is InChI=1S/C6H8AsNO3.Na/c8-6-3-1-5(2-4-6)7(9,10)11;/h1-4H,8H2,(H2,9,10,11);/q;+1/p-1. The van der Waals surface area contributed by atoms with Crippen LogP contribution in [-0.4, -0.2) is 18.3 Å². The Kier molecular flexibility index (Phi) is 4.62. The first-order valence-electron chi connectivity index (χ1n) is 2.90. The van der Waals surface area contributed by atoms with Gasteiger partial charge >= 0.3 is 95.7 Å². The maximum absolute atomic E-state index is 10.5. The molecule has 1 rings (SSSR count). The molecule has 0 aliphatic heterocycles. The summed E-state index contributed by atoms with van der Waals surface area (Å²) >= 11 is -4.93. The molecule has 6 heteroatoms. The van der Waals surface area contributed by atoms with Crippen molar-refractivity contribution >= 4 is 24.2 Å². The molecule has 0 aliphatic rings. The Balaban J connectivity index is 0.00000121. The van der Waals surface area contributed by atoms with Crippen molar-refractivity contribution in [2.75, 3.05) is 5.73 Å². The number of benzene rings is 1. The van der Waals surface area contributed by atoms with Crippen molar-refractivity contribution < 1.29 is 41.5 Å². The van der Waals surface area contributed by atoms with Gasteiger partial charge in [-0.3, -0.25) is 0 Å². The van der Waals surface area contributed by atoms with Crippen LogP contribution in [0, 0.1) is 0 Å². The van der Waals surface area contributed by atoms with Crippen LogP contribution in [0.4, 0.5) is 5.69 Å². The Morgan fingerprint density at radius 1 is 1.33 bits per heavy atom. The molecule has 1 atom stereocenters. The SMILES string of the molecule is Nc1ccc([As](=O)([O-])O)cc1.[Na+]. The number of hydrogen-bond acceptors (Lipinski definition) is 3. The van der Waals surface area contributed by atoms with E-state index in [9.17, 15) is 7.84 Å². The molecule has 12 heavy (non-hydrogen) atoms. The molecule has 0 fully saturated rings. The third-order valence-electron chi connectivity index (χ3n) is 1.22. The maximum Gasteiger partial charge on any atom is 1.00 e. The number of nitrogen functional groups attached to an aromatic ring is 1. The van der Waals surface area contributed by atoms with Gasteiger partial charge in [0.25, 0.3) is 0 Å². The van der Waals surface area contributed by atoms with Crippen LogP contribution in [0.15, 0.2) is 24.3 Å². The van der Waals surface area contributed by atoms with Gasteiger partial charge in [-0.1, -0.05) is 0 Å². The third kappa shape index (κ3) is 3.35. The zero-order valence-corrected chi connectivity index (χ0v) is 10.5. The molecule has 0 aliphatic carbocycles. The first-order valence-corrected chi connectivity index (χ1v) is 6.21. The molecule has 0 saturated heterocycles. The summed E-state index contributed by atoms with van der Waals surface area (Å²) in [6, 6.07) is 5.42. The van der Waals surface area contributed by atoms with Crippen molar-refractivity contribution in [1.29, 1.82) is 0 Å². The first kappa shape index (κ1) is 12.3. The molecule has 1 aromatic rings. The van der Waals surface area contributed by atoms with Crippen molar-refractivity contribution in [3.05, 3.63) is 24.3 Å². The molecule has 1 unspecified atom stereocenters. The Hall–Kier alpha value is 0.298. The van der Waals surface area contributed by atoms with Gasteiger partial charge in [-0.05, 0) is 0 Å². The van der Waals surface area contributed by atoms with Crippen LogP contribution in [0.1, 0.15) is 0 Å². The fourth-order valence-electron chi connectivity index (χ4n) is 0.663. The summed E-state index contributed by atoms with van der Waals surface area (Å²) in [7, 11) is 0. The van der Waals surface area contributed by atoms with Crippen molar-refractivity contribution in [2.24, 2.45) is 0 Å². The molecule has 1 aromatic carbocycles. The maximum atomic E-state index is 10.5. The topological polar surface area (TPSA) is 86.4 Å². The van der Waals surface area contributed by atoms with Gasteiger partial charge in [-0.25, -0.2) is 0 Å². The van der Waals surface area contributed by atoms with E-state index in [4.69, 9.17) is 9.83 Å². The number of rotatable bonds is 1. The zero-order chi connectivity index (χ0) is 8.48. The smallest absolute Gasteiger partial charge is 1.00 e. The van der Waals surface area contributed by atoms with Crippen LogP contribution >= 0.6 is 0 Å². The molecular weight excluding hydrogens is 232 g/mol. The van der Waals surface area contributed by atoms with Crippen molar-refractivity contribution in [3.63, 3.8) is 0 Å². The van der Waals surface area contributed by atoms with E-state index in [1.54, 1.807) is 0 Å². The van der Waals surface area contributed by atoms with E-state index in [-0.39, 0.29) is 33.9 Å². The van der Waals surface area contributed by atoms with Gasteiger partial charge in [0.05, 0.1) is 0 Å². The van der Waals surface area contributed by atoms with E-state index in [0.717, 1.165) is 0 Å². The summed E-state index contributed by atoms with van der Waals surface area (Å²) in [4.78, 5) is 0. The van der Waals surface area contributed by atoms with Crippen molar-refractivity contribution in [1.82, 2.24) is 0 Å². The van der Waals surface area contributed by atoms with E-state index in [1.807, 2.05) is 0 Å². The van der Waals surface area contributed by atoms with E-state index < -0.39 is 14.2 Å². The summed E-state index contributed by atoms with van der Waals surface area (Å²) in [6.45, 7) is 0. The monoisotopic (exact) mass is 239 g/mol. The van der Waals surface area contributed by atoms with E-state index in [0.29, 0.717) is 5.69 Å². The molecule has 0 radical (unpaired) electrons. The molecule has 60 valence electrons. The van der Waals surface area contributed by atoms with Gasteiger partial charge in [-0.15, -0.1) is 0 Å². The van der Waals surface area contributed by atoms with Crippen LogP contribution in [0.5, 0.6) is 0 Å². The summed E-state index contributed by atoms with van der Waals surface area (Å²) < 4.78 is 29.6. The number of hydrogen-bond donors (Lipinski definition) is 2. The molecular formula is C6H7AsNNaO3. The predicted molar refractivity (Wildman–Crippen MR) is 39.1 cm³/mol. The summed E-state index contributed by atoms with van der Waals surface area (Å²) in [5, 5.41) is 0. The van der Waals surface area contributed by atoms with Gasteiger partial charge in [0, 0.05) is 0 Å². The molecule has 3 N–H and O–H groups in total. The minimum atomic E-state index is -4.93. The fourth-order valence-corrected chi connectivity index (χ4v) is 1.77. The van der Waals surface area contributed by atoms with Crippen molar-refractivity contribution in [2.45, 2.75) is 0 Å². The van der Waals surface area contributed by atoms with E-state index >= 15 is 0 Å². The minimum Gasteiger partial charge on any atom is 1.00 e. The average Bonchev–Trinajstić information content (AvgIpc) is 1.86. The van der Waals surface area contributed by atoms with Gasteiger partial charge in [0.15, 0.2) is 0 Å². The molecule has 0 amide bonds. The van der Waals surface area contributed by atoms with Crippen LogP contribution in [0.25, 0.3) is 0 Å². The second kappa shape index (κ2) is 4.51. The first-order chi connectivity index (χ1) is 5.00. The Bertz CT molecular complexity index is 294. The van der Waals surface area contributed by atoms with Crippen molar-refractivity contribution in [3.8, 4) is 0 Å². The predicted octanol–water partition coefficient (Wildman–Crippen LogP) is -4.80. The van der Waals surface area contributed by atoms with Crippen LogP contribution in [-0.2, 0) is 3.74 Å². The van der Waals surface area contributed by atoms with Gasteiger partial charge in [-0.2, -0.15) is 0 Å². The van der Waals surface area contributed by atoms with Gasteiger partial charge in [0.1, 0.15) is 0 Å². The Labute approximate surface area is 95.1 Å². The molecule has 0 saturated carbocycles. The van der Waals surface area contributed by atoms with Crippen LogP contribution in [0.2, 0.25) is 0 Å². The molecule has 0 aromatic heterocycles. The molecule has 0 bridgehead atoms. The summed E-state index contributed by atoms with van der Waals surface area (Å²) in [6.07, 6.45) is 0. The second-order valence-electron chi connectivity index (χ2n) is 2.11. The zero-order valence-electron chi connectivity index (χ0n) is 6.60. The quantitative estimate of drug-likeness (QED) is 0.380. The van der Waals surface area contributed by atoms with Crippen LogP contribution in [0.3, 0.4) is 0 Å². The Morgan fingerprint density at radius 2 is 1.75 bits per heavy atom. The Morgan fingerprint density at radius 3 is 2.08 bits per heavy atom. The van der Waals surface area contributed by atoms with E-state index in [2.05, 4.69) is 0 Å². The molecule has 0 heterocycles. The normalized spacial score (nSPS) is 14.5. The molecule has 0 spiro atoms. The number of nitrogens with two attached hydrogens (primary N) is 1. The largest absolute Gasteiger partial charge is 1.00 e. The van der Waals surface area contributed by atoms with E-state index in [1.165, 1.54) is 24.3 Å². The minimum absolute atomic E-state index is 0. The average molecular weight is 239 g/mol. The summed E-state index contributed by atoms with van der Waals surface area (Å²) in [5.41, 5.74) is 5.77. The van der Waals surface area contributed by atoms with Gasteiger partial charge in [0.2, 0.25) is 0 Å². The third-order valence-corrected chi connectivity index (χ3v) is 3.21. The fraction of sp³-hybridized carbons (Fsp3) is 0. The van der Waals surface area contributed by atoms with Crippen LogP contribution < -0.4 is 43.7 Å². The number of anilines is 1.